The monoisotopic (exact) mass is 754 g/mol. The molecule has 3 aliphatic rings. The number of aryl methyl sites for hydroxylation is 1. The molecule has 4 aromatic heterocycles. The topological polar surface area (TPSA) is 129 Å². The first kappa shape index (κ1) is 33.2. The molecule has 6 heterocycles. The molecule has 0 N–H and O–H groups in total. The number of nitrogens with zero attached hydrogens (tertiary/aromatic N) is 8. The molecule has 14 heteroatoms. The predicted molar refractivity (Wildman–Crippen MR) is 187 cm³/mol. The average molecular weight is 756 g/mol. The Balaban J connectivity index is 1.15. The third-order valence-corrected chi connectivity index (χ3v) is 10.7. The van der Waals surface area contributed by atoms with Crippen LogP contribution in [0.5, 0.6) is 0 Å². The van der Waals surface area contributed by atoms with Crippen molar-refractivity contribution in [2.24, 2.45) is 5.41 Å². The number of pyridine rings is 1. The number of carbonyl (C=O) groups excluding carboxylic acids is 3. The fourth-order valence-corrected chi connectivity index (χ4v) is 8.03. The van der Waals surface area contributed by atoms with Crippen LogP contribution in [-0.4, -0.2) is 69.0 Å². The normalized spacial score (nSPS) is 22.5. The second kappa shape index (κ2) is 12.4. The summed E-state index contributed by atoms with van der Waals surface area (Å²) in [5, 5.41) is 9.79. The molecule has 1 aliphatic carbocycles. The quantitative estimate of drug-likeness (QED) is 0.158. The summed E-state index contributed by atoms with van der Waals surface area (Å²) in [6.45, 7) is 3.50. The van der Waals surface area contributed by atoms with Gasteiger partial charge in [-0.3, -0.25) is 23.7 Å². The van der Waals surface area contributed by atoms with Gasteiger partial charge in [-0.15, -0.1) is 0 Å². The van der Waals surface area contributed by atoms with Gasteiger partial charge in [-0.1, -0.05) is 12.1 Å². The summed E-state index contributed by atoms with van der Waals surface area (Å²) in [4.78, 5) is 55.8. The van der Waals surface area contributed by atoms with Crippen molar-refractivity contribution in [3.05, 3.63) is 94.1 Å². The summed E-state index contributed by atoms with van der Waals surface area (Å²) < 4.78 is 34.9. The molecule has 2 aliphatic heterocycles. The fourth-order valence-electron chi connectivity index (χ4n) is 7.69. The maximum absolute atomic E-state index is 15.6. The maximum atomic E-state index is 15.6. The molecule has 1 saturated heterocycles. The number of piperidine rings is 1. The first-order chi connectivity index (χ1) is 24.4. The highest BCUT2D eigenvalue weighted by molar-refractivity contribution is 9.10. The number of benzene rings is 1. The zero-order chi connectivity index (χ0) is 35.7. The lowest BCUT2D eigenvalue weighted by molar-refractivity contribution is -0.139. The third kappa shape index (κ3) is 6.08. The van der Waals surface area contributed by atoms with Gasteiger partial charge in [0.25, 0.3) is 5.92 Å². The molecule has 3 atom stereocenters. The molecule has 2 fully saturated rings. The van der Waals surface area contributed by atoms with Crippen molar-refractivity contribution in [3.8, 4) is 11.1 Å². The van der Waals surface area contributed by atoms with Gasteiger partial charge in [-0.25, -0.2) is 23.7 Å². The molecule has 260 valence electrons. The van der Waals surface area contributed by atoms with Crippen LogP contribution in [0.1, 0.15) is 65.9 Å². The van der Waals surface area contributed by atoms with Gasteiger partial charge in [-0.05, 0) is 84.1 Å². The number of hydrogen-bond acceptors (Lipinski definition) is 8. The van der Waals surface area contributed by atoms with Crippen molar-refractivity contribution in [2.45, 2.75) is 77.0 Å². The van der Waals surface area contributed by atoms with E-state index < -0.39 is 23.8 Å². The first-order valence-electron chi connectivity index (χ1n) is 16.8. The Kier molecular flexibility index (Phi) is 8.04. The summed E-state index contributed by atoms with van der Waals surface area (Å²) in [6, 6.07) is 8.99. The van der Waals surface area contributed by atoms with Crippen molar-refractivity contribution >= 4 is 50.4 Å². The lowest BCUT2D eigenvalue weighted by atomic mass is 9.93. The number of carbonyl (C=O) groups is 3. The van der Waals surface area contributed by atoms with Gasteiger partial charge >= 0.3 is 0 Å². The molecular weight excluding hydrogens is 722 g/mol. The highest BCUT2D eigenvalue weighted by atomic mass is 79.9. The third-order valence-electron chi connectivity index (χ3n) is 10.3. The lowest BCUT2D eigenvalue weighted by Crippen LogP contribution is -2.45. The number of amides is 1. The van der Waals surface area contributed by atoms with E-state index >= 15 is 8.78 Å². The van der Waals surface area contributed by atoms with Crippen LogP contribution in [0.25, 0.3) is 28.1 Å². The molecule has 1 amide bonds. The fraction of sp³-hybridized carbons (Fsp3) is 0.351. The molecule has 0 unspecified atom stereocenters. The summed E-state index contributed by atoms with van der Waals surface area (Å²) >= 11 is 3.29. The van der Waals surface area contributed by atoms with E-state index in [4.69, 9.17) is 0 Å². The first-order valence-corrected chi connectivity index (χ1v) is 17.6. The zero-order valence-electron chi connectivity index (χ0n) is 27.9. The van der Waals surface area contributed by atoms with E-state index in [0.29, 0.717) is 46.4 Å². The Morgan fingerprint density at radius 2 is 1.84 bits per heavy atom. The minimum absolute atomic E-state index is 0.00807. The van der Waals surface area contributed by atoms with Gasteiger partial charge < -0.3 is 4.90 Å². The second-order valence-corrected chi connectivity index (χ2v) is 14.6. The van der Waals surface area contributed by atoms with E-state index in [2.05, 4.69) is 41.1 Å². The number of allylic oxidation sites excluding steroid dienone is 1. The Labute approximate surface area is 299 Å². The second-order valence-electron chi connectivity index (χ2n) is 13.8. The minimum Gasteiger partial charge on any atom is -0.327 e. The van der Waals surface area contributed by atoms with E-state index in [9.17, 15) is 14.4 Å². The Morgan fingerprint density at radius 3 is 2.63 bits per heavy atom. The van der Waals surface area contributed by atoms with Crippen LogP contribution < -0.4 is 0 Å². The summed E-state index contributed by atoms with van der Waals surface area (Å²) in [5.74, 6) is -3.56. The number of hydrogen-bond donors (Lipinski definition) is 0. The van der Waals surface area contributed by atoms with Gasteiger partial charge in [0.15, 0.2) is 11.6 Å². The van der Waals surface area contributed by atoms with Gasteiger partial charge in [0, 0.05) is 66.4 Å². The van der Waals surface area contributed by atoms with Crippen molar-refractivity contribution in [2.75, 3.05) is 0 Å². The summed E-state index contributed by atoms with van der Waals surface area (Å²) in [7, 11) is 0. The zero-order valence-corrected chi connectivity index (χ0v) is 29.5. The Hall–Kier alpha value is -4.98. The molecule has 51 heavy (non-hydrogen) atoms. The Bertz CT molecular complexity index is 2270. The summed E-state index contributed by atoms with van der Waals surface area (Å²) in [6.07, 6.45) is 9.00. The number of aromatic nitrogens is 7. The van der Waals surface area contributed by atoms with E-state index in [-0.39, 0.29) is 59.9 Å². The molecule has 0 radical (unpaired) electrons. The SMILES string of the molecule is CC(=O)c1nn(CC(=O)N2[C@H]3C[C@]4(C[C@@H]24)Cn2ccc(n2)C=CCCC(F)(F)c2ccc(Br)nc2CC3=O)c2ccc(-c3cnc(C)nc3)cc12. The molecule has 1 aromatic carbocycles. The van der Waals surface area contributed by atoms with E-state index in [0.717, 1.165) is 11.1 Å². The highest BCUT2D eigenvalue weighted by Crippen LogP contribution is 2.61. The van der Waals surface area contributed by atoms with Crippen molar-refractivity contribution in [1.82, 2.24) is 39.4 Å². The van der Waals surface area contributed by atoms with Crippen molar-refractivity contribution < 1.29 is 23.2 Å². The van der Waals surface area contributed by atoms with Crippen LogP contribution in [0.4, 0.5) is 8.78 Å². The largest absolute Gasteiger partial charge is 0.327 e. The van der Waals surface area contributed by atoms with Gasteiger partial charge in [-0.2, -0.15) is 10.2 Å². The van der Waals surface area contributed by atoms with E-state index in [1.807, 2.05) is 30.5 Å². The van der Waals surface area contributed by atoms with Crippen LogP contribution in [0.2, 0.25) is 0 Å². The van der Waals surface area contributed by atoms with Crippen LogP contribution in [0.15, 0.2) is 65.7 Å². The number of rotatable bonds is 4. The number of halogens is 3. The van der Waals surface area contributed by atoms with Crippen LogP contribution >= 0.6 is 15.9 Å². The molecule has 4 bridgehead atoms. The predicted octanol–water partition coefficient (Wildman–Crippen LogP) is 6.13. The van der Waals surface area contributed by atoms with Crippen LogP contribution in [-0.2, 0) is 35.0 Å². The number of ketones is 2. The number of fused-ring (bicyclic) bond motifs is 5. The molecular formula is C37H33BrF2N8O3. The molecule has 1 saturated carbocycles. The summed E-state index contributed by atoms with van der Waals surface area (Å²) in [5.41, 5.74) is 2.31. The van der Waals surface area contributed by atoms with Gasteiger partial charge in [0.1, 0.15) is 22.7 Å². The van der Waals surface area contributed by atoms with Crippen molar-refractivity contribution in [3.63, 3.8) is 0 Å². The molecule has 8 rings (SSSR count). The lowest BCUT2D eigenvalue weighted by Gasteiger charge is -2.27. The molecule has 11 nitrogen and oxygen atoms in total. The highest BCUT2D eigenvalue weighted by Gasteiger charge is 2.67. The smallest absolute Gasteiger partial charge is 0.275 e. The van der Waals surface area contributed by atoms with Gasteiger partial charge in [0.05, 0.1) is 29.4 Å². The molecule has 1 spiro atoms. The van der Waals surface area contributed by atoms with Crippen LogP contribution in [0, 0.1) is 12.3 Å². The minimum atomic E-state index is -3.24. The molecule has 5 aromatic rings. The standard InChI is InChI=1S/C37H33BrF2N8O3/c1-21(49)35-26-13-23(24-17-41-22(2)42-18-24)6-8-29(26)47(45-35)19-34(51)48-30-15-36(16-32(36)48)20-46-12-10-25(44-46)5-3-4-11-37(39,40)27-7-9-33(38)43-28(27)14-31(30)50/h3,5-10,12-13,17-18,30,32H,4,11,14-16,19-20H2,1-2H3/t30-,32+,36-/m0/s1. The average Bonchev–Trinajstić information content (AvgIpc) is 3.36. The number of Topliss-reactive ketones (excluding diaryl/α,β-unsaturated/α-hetero) is 2. The van der Waals surface area contributed by atoms with E-state index in [1.54, 1.807) is 41.1 Å². The Morgan fingerprint density at radius 1 is 1.04 bits per heavy atom. The maximum Gasteiger partial charge on any atom is 0.275 e. The van der Waals surface area contributed by atoms with Crippen LogP contribution in [0.3, 0.4) is 0 Å². The van der Waals surface area contributed by atoms with E-state index in [1.165, 1.54) is 23.7 Å². The number of alkyl halides is 2. The number of likely N-dealkylation sites (tertiary alicyclic amines) is 1. The van der Waals surface area contributed by atoms with Gasteiger partial charge in [0.2, 0.25) is 5.91 Å². The van der Waals surface area contributed by atoms with Crippen molar-refractivity contribution in [1.29, 1.82) is 0 Å².